The number of aryl methyl sites for hydroxylation is 1. The summed E-state index contributed by atoms with van der Waals surface area (Å²) in [6.45, 7) is 1.78. The summed E-state index contributed by atoms with van der Waals surface area (Å²) < 4.78 is 0. The van der Waals surface area contributed by atoms with Crippen LogP contribution in [0, 0.1) is 6.92 Å². The highest BCUT2D eigenvalue weighted by atomic mass is 35.5. The van der Waals surface area contributed by atoms with Crippen LogP contribution in [-0.2, 0) is 4.79 Å². The number of aromatic amines is 1. The van der Waals surface area contributed by atoms with Crippen LogP contribution in [0.5, 0.6) is 0 Å². The van der Waals surface area contributed by atoms with Gasteiger partial charge in [-0.1, -0.05) is 35.9 Å². The van der Waals surface area contributed by atoms with Crippen molar-refractivity contribution in [1.29, 1.82) is 0 Å². The van der Waals surface area contributed by atoms with Crippen LogP contribution in [0.25, 0.3) is 10.9 Å². The fourth-order valence-electron chi connectivity index (χ4n) is 2.44. The van der Waals surface area contributed by atoms with Crippen LogP contribution >= 0.6 is 11.6 Å². The highest BCUT2D eigenvalue weighted by Gasteiger charge is 2.22. The largest absolute Gasteiger partial charge is 0.358 e. The van der Waals surface area contributed by atoms with Crippen molar-refractivity contribution in [2.45, 2.75) is 6.92 Å². The zero-order chi connectivity index (χ0) is 15.7. The van der Waals surface area contributed by atoms with Crippen molar-refractivity contribution in [3.05, 3.63) is 64.8 Å². The zero-order valence-corrected chi connectivity index (χ0v) is 12.6. The third-order valence-electron chi connectivity index (χ3n) is 3.41. The first-order valence-electron chi connectivity index (χ1n) is 6.75. The Morgan fingerprint density at radius 3 is 2.64 bits per heavy atom. The Bertz CT molecular complexity index is 883. The smallest absolute Gasteiger partial charge is 0.296 e. The second-order valence-corrected chi connectivity index (χ2v) is 5.40. The Kier molecular flexibility index (Phi) is 3.69. The molecule has 0 saturated carbocycles. The number of anilines is 1. The first-order chi connectivity index (χ1) is 10.6. The monoisotopic (exact) mass is 312 g/mol. The molecule has 0 bridgehead atoms. The summed E-state index contributed by atoms with van der Waals surface area (Å²) in [6.07, 6.45) is 0. The molecule has 0 spiro atoms. The SMILES string of the molecule is Cc1[nH]c2ccccc2c1C(=O)C(=O)Nc1cccc(Cl)c1. The molecule has 2 N–H and O–H groups in total. The van der Waals surface area contributed by atoms with E-state index in [-0.39, 0.29) is 0 Å². The number of hydrogen-bond donors (Lipinski definition) is 2. The number of aromatic nitrogens is 1. The molecule has 22 heavy (non-hydrogen) atoms. The number of carbonyl (C=O) groups is 2. The van der Waals surface area contributed by atoms with Crippen molar-refractivity contribution in [1.82, 2.24) is 4.98 Å². The van der Waals surface area contributed by atoms with Gasteiger partial charge in [-0.25, -0.2) is 0 Å². The van der Waals surface area contributed by atoms with Crippen LogP contribution in [0.1, 0.15) is 16.1 Å². The number of H-pyrrole nitrogens is 1. The fraction of sp³-hybridized carbons (Fsp3) is 0.0588. The van der Waals surface area contributed by atoms with E-state index < -0.39 is 11.7 Å². The lowest BCUT2D eigenvalue weighted by molar-refractivity contribution is -0.112. The van der Waals surface area contributed by atoms with Gasteiger partial charge < -0.3 is 10.3 Å². The molecule has 5 heteroatoms. The molecule has 0 atom stereocenters. The first kappa shape index (κ1) is 14.4. The molecule has 1 amide bonds. The number of halogens is 1. The van der Waals surface area contributed by atoms with Crippen LogP contribution in [0.3, 0.4) is 0 Å². The van der Waals surface area contributed by atoms with Crippen molar-refractivity contribution < 1.29 is 9.59 Å². The number of nitrogens with one attached hydrogen (secondary N) is 2. The molecule has 4 nitrogen and oxygen atoms in total. The standard InChI is InChI=1S/C17H13ClN2O2/c1-10-15(13-7-2-3-8-14(13)19-10)16(21)17(22)20-12-6-4-5-11(18)9-12/h2-9,19H,1H3,(H,20,22). The highest BCUT2D eigenvalue weighted by Crippen LogP contribution is 2.23. The van der Waals surface area contributed by atoms with Gasteiger partial charge in [0.05, 0.1) is 5.56 Å². The van der Waals surface area contributed by atoms with E-state index in [0.29, 0.717) is 22.0 Å². The molecule has 1 aromatic heterocycles. The van der Waals surface area contributed by atoms with Gasteiger partial charge in [-0.3, -0.25) is 9.59 Å². The van der Waals surface area contributed by atoms with E-state index in [1.165, 1.54) is 0 Å². The van der Waals surface area contributed by atoms with Gasteiger partial charge >= 0.3 is 0 Å². The van der Waals surface area contributed by atoms with E-state index in [1.807, 2.05) is 24.3 Å². The third kappa shape index (κ3) is 2.61. The Morgan fingerprint density at radius 1 is 1.09 bits per heavy atom. The van der Waals surface area contributed by atoms with Crippen LogP contribution in [-0.4, -0.2) is 16.7 Å². The second kappa shape index (κ2) is 5.66. The highest BCUT2D eigenvalue weighted by molar-refractivity contribution is 6.48. The third-order valence-corrected chi connectivity index (χ3v) is 3.64. The number of amides is 1. The van der Waals surface area contributed by atoms with Crippen molar-refractivity contribution in [2.75, 3.05) is 5.32 Å². The van der Waals surface area contributed by atoms with Gasteiger partial charge in [0.1, 0.15) is 0 Å². The Balaban J connectivity index is 1.92. The van der Waals surface area contributed by atoms with Crippen LogP contribution in [0.15, 0.2) is 48.5 Å². The van der Waals surface area contributed by atoms with Gasteiger partial charge in [0.15, 0.2) is 0 Å². The number of benzene rings is 2. The molecule has 0 aliphatic heterocycles. The topological polar surface area (TPSA) is 62.0 Å². The van der Waals surface area contributed by atoms with Crippen molar-refractivity contribution in [2.24, 2.45) is 0 Å². The maximum atomic E-state index is 12.5. The lowest BCUT2D eigenvalue weighted by atomic mass is 10.1. The van der Waals surface area contributed by atoms with Gasteiger partial charge in [0.2, 0.25) is 0 Å². The number of para-hydroxylation sites is 1. The average molecular weight is 313 g/mol. The summed E-state index contributed by atoms with van der Waals surface area (Å²) in [5.74, 6) is -1.26. The van der Waals surface area contributed by atoms with Gasteiger partial charge in [-0.05, 0) is 31.2 Å². The molecule has 0 fully saturated rings. The lowest BCUT2D eigenvalue weighted by Gasteiger charge is -2.05. The average Bonchev–Trinajstić information content (AvgIpc) is 2.82. The minimum absolute atomic E-state index is 0.398. The fourth-order valence-corrected chi connectivity index (χ4v) is 2.63. The molecule has 0 saturated heterocycles. The van der Waals surface area contributed by atoms with E-state index in [1.54, 1.807) is 31.2 Å². The van der Waals surface area contributed by atoms with Crippen LogP contribution < -0.4 is 5.32 Å². The van der Waals surface area contributed by atoms with Crippen LogP contribution in [0.4, 0.5) is 5.69 Å². The number of hydrogen-bond acceptors (Lipinski definition) is 2. The molecule has 0 unspecified atom stereocenters. The van der Waals surface area contributed by atoms with E-state index in [2.05, 4.69) is 10.3 Å². The molecule has 2 aromatic carbocycles. The summed E-state index contributed by atoms with van der Waals surface area (Å²) in [5, 5.41) is 3.81. The summed E-state index contributed by atoms with van der Waals surface area (Å²) in [5.41, 5.74) is 2.39. The van der Waals surface area contributed by atoms with Gasteiger partial charge in [0, 0.05) is 27.3 Å². The minimum Gasteiger partial charge on any atom is -0.358 e. The summed E-state index contributed by atoms with van der Waals surface area (Å²) in [7, 11) is 0. The second-order valence-electron chi connectivity index (χ2n) is 4.96. The molecule has 3 rings (SSSR count). The van der Waals surface area contributed by atoms with E-state index in [9.17, 15) is 9.59 Å². The van der Waals surface area contributed by atoms with Gasteiger partial charge in [-0.15, -0.1) is 0 Å². The molecule has 1 heterocycles. The number of carbonyl (C=O) groups excluding carboxylic acids is 2. The van der Waals surface area contributed by atoms with Crippen molar-refractivity contribution in [3.63, 3.8) is 0 Å². The normalized spacial score (nSPS) is 10.6. The van der Waals surface area contributed by atoms with E-state index in [4.69, 9.17) is 11.6 Å². The zero-order valence-electron chi connectivity index (χ0n) is 11.8. The molecule has 0 radical (unpaired) electrons. The molecule has 3 aromatic rings. The number of ketones is 1. The summed E-state index contributed by atoms with van der Waals surface area (Å²) in [6, 6.07) is 14.1. The number of rotatable bonds is 3. The molecule has 0 aliphatic carbocycles. The van der Waals surface area contributed by atoms with E-state index >= 15 is 0 Å². The minimum atomic E-state index is -0.685. The number of fused-ring (bicyclic) bond motifs is 1. The predicted molar refractivity (Wildman–Crippen MR) is 87.4 cm³/mol. The molecular formula is C17H13ClN2O2. The molecular weight excluding hydrogens is 300 g/mol. The van der Waals surface area contributed by atoms with Crippen molar-refractivity contribution >= 4 is 39.9 Å². The van der Waals surface area contributed by atoms with Gasteiger partial charge in [-0.2, -0.15) is 0 Å². The van der Waals surface area contributed by atoms with E-state index in [0.717, 1.165) is 10.9 Å². The maximum absolute atomic E-state index is 12.5. The predicted octanol–water partition coefficient (Wildman–Crippen LogP) is 3.95. The summed E-state index contributed by atoms with van der Waals surface area (Å²) >= 11 is 5.87. The van der Waals surface area contributed by atoms with Crippen LogP contribution in [0.2, 0.25) is 5.02 Å². The molecule has 0 aliphatic rings. The van der Waals surface area contributed by atoms with Gasteiger partial charge in [0.25, 0.3) is 11.7 Å². The van der Waals surface area contributed by atoms with Crippen molar-refractivity contribution in [3.8, 4) is 0 Å². The Labute approximate surface area is 132 Å². The quantitative estimate of drug-likeness (QED) is 0.568. The number of Topliss-reactive ketones (excluding diaryl/α,β-unsaturated/α-hetero) is 1. The Hall–Kier alpha value is -2.59. The Morgan fingerprint density at radius 2 is 1.86 bits per heavy atom. The lowest BCUT2D eigenvalue weighted by Crippen LogP contribution is -2.23. The maximum Gasteiger partial charge on any atom is 0.296 e. The molecule has 110 valence electrons. The first-order valence-corrected chi connectivity index (χ1v) is 7.12. The summed E-state index contributed by atoms with van der Waals surface area (Å²) in [4.78, 5) is 27.8.